The average Bonchev–Trinajstić information content (AvgIpc) is 2.83. The van der Waals surface area contributed by atoms with Gasteiger partial charge in [-0.2, -0.15) is 13.2 Å². The number of benzene rings is 2. The highest BCUT2D eigenvalue weighted by Gasteiger charge is 2.43. The van der Waals surface area contributed by atoms with Gasteiger partial charge in [0.15, 0.2) is 0 Å². The second kappa shape index (κ2) is 14.5. The Kier molecular flexibility index (Phi) is 11.8. The molecule has 0 radical (unpaired) electrons. The Bertz CT molecular complexity index is 905. The highest BCUT2D eigenvalue weighted by atomic mass is 19.4. The minimum Gasteiger partial charge on any atom is -0.458 e. The van der Waals surface area contributed by atoms with Crippen molar-refractivity contribution in [2.75, 3.05) is 6.61 Å². The first-order chi connectivity index (χ1) is 16.7. The van der Waals surface area contributed by atoms with Gasteiger partial charge in [-0.25, -0.2) is 4.79 Å². The molecule has 0 bridgehead atoms. The van der Waals surface area contributed by atoms with Gasteiger partial charge in [0.05, 0.1) is 5.56 Å². The molecule has 0 fully saturated rings. The molecule has 4 nitrogen and oxygen atoms in total. The van der Waals surface area contributed by atoms with Crippen LogP contribution in [-0.4, -0.2) is 30.8 Å². The third-order valence-corrected chi connectivity index (χ3v) is 5.69. The minimum absolute atomic E-state index is 0.120. The Balaban J connectivity index is 1.88. The maximum absolute atomic E-state index is 13.1. The van der Waals surface area contributed by atoms with Gasteiger partial charge in [0.1, 0.15) is 6.61 Å². The van der Waals surface area contributed by atoms with Gasteiger partial charge in [0.25, 0.3) is 0 Å². The fraction of sp³-hybridized carbons (Fsp3) is 0.500. The zero-order valence-corrected chi connectivity index (χ0v) is 20.5. The molecule has 2 aromatic carbocycles. The first kappa shape index (κ1) is 28.4. The Morgan fingerprint density at radius 3 is 1.94 bits per heavy atom. The SMILES string of the molecule is CCCCCCCCc1ccc(-c2ccc(C(=O)OCC(OC(=O)CCC)C(F)(F)F)cc2)cc1. The van der Waals surface area contributed by atoms with Crippen molar-refractivity contribution in [3.05, 3.63) is 59.7 Å². The van der Waals surface area contributed by atoms with Gasteiger partial charge in [0, 0.05) is 6.42 Å². The van der Waals surface area contributed by atoms with Crippen LogP contribution in [0.4, 0.5) is 13.2 Å². The van der Waals surface area contributed by atoms with Crippen LogP contribution in [0.1, 0.15) is 81.1 Å². The maximum Gasteiger partial charge on any atom is 0.428 e. The lowest BCUT2D eigenvalue weighted by Crippen LogP contribution is -2.38. The lowest BCUT2D eigenvalue weighted by Gasteiger charge is -2.20. The number of rotatable bonds is 14. The molecule has 2 aromatic rings. The van der Waals surface area contributed by atoms with Crippen LogP contribution in [0.3, 0.4) is 0 Å². The second-order valence-corrected chi connectivity index (χ2v) is 8.66. The van der Waals surface area contributed by atoms with Gasteiger partial charge in [-0.1, -0.05) is 82.3 Å². The molecular formula is C28H35F3O4. The molecule has 0 saturated heterocycles. The van der Waals surface area contributed by atoms with Gasteiger partial charge in [0.2, 0.25) is 6.10 Å². The van der Waals surface area contributed by atoms with Crippen molar-refractivity contribution >= 4 is 11.9 Å². The molecule has 192 valence electrons. The van der Waals surface area contributed by atoms with Crippen molar-refractivity contribution in [2.45, 2.75) is 83.9 Å². The predicted octanol–water partition coefficient (Wildman–Crippen LogP) is 7.69. The second-order valence-electron chi connectivity index (χ2n) is 8.66. The van der Waals surface area contributed by atoms with E-state index in [0.29, 0.717) is 6.42 Å². The van der Waals surface area contributed by atoms with E-state index < -0.39 is 30.8 Å². The average molecular weight is 493 g/mol. The summed E-state index contributed by atoms with van der Waals surface area (Å²) in [5, 5.41) is 0. The molecule has 0 aliphatic rings. The smallest absolute Gasteiger partial charge is 0.428 e. The van der Waals surface area contributed by atoms with E-state index in [1.54, 1.807) is 19.1 Å². The van der Waals surface area contributed by atoms with Crippen molar-refractivity contribution in [3.8, 4) is 11.1 Å². The number of ether oxygens (including phenoxy) is 2. The van der Waals surface area contributed by atoms with Gasteiger partial charge in [-0.15, -0.1) is 0 Å². The predicted molar refractivity (Wildman–Crippen MR) is 130 cm³/mol. The van der Waals surface area contributed by atoms with Crippen LogP contribution in [0.25, 0.3) is 11.1 Å². The number of carbonyl (C=O) groups is 2. The quantitative estimate of drug-likeness (QED) is 0.200. The number of carbonyl (C=O) groups excluding carboxylic acids is 2. The van der Waals surface area contributed by atoms with E-state index in [1.807, 2.05) is 12.1 Å². The highest BCUT2D eigenvalue weighted by Crippen LogP contribution is 2.25. The molecule has 7 heteroatoms. The van der Waals surface area contributed by atoms with Crippen molar-refractivity contribution in [3.63, 3.8) is 0 Å². The molecule has 0 aliphatic heterocycles. The Hall–Kier alpha value is -2.83. The van der Waals surface area contributed by atoms with E-state index in [-0.39, 0.29) is 12.0 Å². The van der Waals surface area contributed by atoms with Gasteiger partial charge < -0.3 is 9.47 Å². The lowest BCUT2D eigenvalue weighted by molar-refractivity contribution is -0.228. The summed E-state index contributed by atoms with van der Waals surface area (Å²) in [6.45, 7) is 2.78. The summed E-state index contributed by atoms with van der Waals surface area (Å²) >= 11 is 0. The Labute approximate surface area is 205 Å². The van der Waals surface area contributed by atoms with Gasteiger partial charge >= 0.3 is 18.1 Å². The van der Waals surface area contributed by atoms with Crippen molar-refractivity contribution in [1.82, 2.24) is 0 Å². The molecule has 2 rings (SSSR count). The summed E-state index contributed by atoms with van der Waals surface area (Å²) < 4.78 is 48.5. The van der Waals surface area contributed by atoms with E-state index >= 15 is 0 Å². The molecule has 1 unspecified atom stereocenters. The number of hydrogen-bond acceptors (Lipinski definition) is 4. The molecular weight excluding hydrogens is 457 g/mol. The van der Waals surface area contributed by atoms with Crippen LogP contribution < -0.4 is 0 Å². The molecule has 0 aromatic heterocycles. The summed E-state index contributed by atoms with van der Waals surface area (Å²) in [7, 11) is 0. The number of unbranched alkanes of at least 4 members (excludes halogenated alkanes) is 5. The van der Waals surface area contributed by atoms with Crippen LogP contribution in [0.2, 0.25) is 0 Å². The first-order valence-electron chi connectivity index (χ1n) is 12.4. The zero-order valence-electron chi connectivity index (χ0n) is 20.5. The lowest BCUT2D eigenvalue weighted by atomic mass is 10.00. The number of alkyl halides is 3. The van der Waals surface area contributed by atoms with Crippen LogP contribution in [0, 0.1) is 0 Å². The molecule has 1 atom stereocenters. The number of halogens is 3. The summed E-state index contributed by atoms with van der Waals surface area (Å²) in [6, 6.07) is 14.7. The van der Waals surface area contributed by atoms with Crippen LogP contribution >= 0.6 is 0 Å². The molecule has 0 heterocycles. The standard InChI is InChI=1S/C28H35F3O4/c1-3-5-6-7-8-9-11-21-12-14-22(15-13-21)23-16-18-24(19-17-23)27(33)34-20-25(28(29,30)31)35-26(32)10-4-2/h12-19,25H,3-11,20H2,1-2H3. The summed E-state index contributed by atoms with van der Waals surface area (Å²) in [5.74, 6) is -1.89. The van der Waals surface area contributed by atoms with Crippen LogP contribution in [0.5, 0.6) is 0 Å². The molecule has 0 saturated carbocycles. The maximum atomic E-state index is 13.1. The fourth-order valence-corrected chi connectivity index (χ4v) is 3.62. The van der Waals surface area contributed by atoms with Crippen LogP contribution in [0.15, 0.2) is 48.5 Å². The van der Waals surface area contributed by atoms with E-state index in [9.17, 15) is 22.8 Å². The van der Waals surface area contributed by atoms with E-state index in [4.69, 9.17) is 4.74 Å². The molecule has 0 N–H and O–H groups in total. The van der Waals surface area contributed by atoms with Crippen molar-refractivity contribution in [2.24, 2.45) is 0 Å². The number of esters is 2. The highest BCUT2D eigenvalue weighted by molar-refractivity contribution is 5.90. The molecule has 0 aliphatic carbocycles. The molecule has 35 heavy (non-hydrogen) atoms. The van der Waals surface area contributed by atoms with Gasteiger partial charge in [-0.05, 0) is 48.1 Å². The third-order valence-electron chi connectivity index (χ3n) is 5.69. The summed E-state index contributed by atoms with van der Waals surface area (Å²) in [4.78, 5) is 23.7. The Morgan fingerprint density at radius 1 is 0.800 bits per heavy atom. The zero-order chi connectivity index (χ0) is 25.7. The summed E-state index contributed by atoms with van der Waals surface area (Å²) in [6.07, 6.45) is 1.50. The minimum atomic E-state index is -4.82. The largest absolute Gasteiger partial charge is 0.458 e. The molecule has 0 amide bonds. The van der Waals surface area contributed by atoms with Crippen molar-refractivity contribution < 1.29 is 32.2 Å². The third kappa shape index (κ3) is 10.1. The van der Waals surface area contributed by atoms with E-state index in [2.05, 4.69) is 23.8 Å². The van der Waals surface area contributed by atoms with Gasteiger partial charge in [-0.3, -0.25) is 4.79 Å². The molecule has 0 spiro atoms. The first-order valence-corrected chi connectivity index (χ1v) is 12.4. The monoisotopic (exact) mass is 492 g/mol. The van der Waals surface area contributed by atoms with E-state index in [1.165, 1.54) is 56.2 Å². The topological polar surface area (TPSA) is 52.6 Å². The normalized spacial score (nSPS) is 12.3. The summed E-state index contributed by atoms with van der Waals surface area (Å²) in [5.41, 5.74) is 3.27. The van der Waals surface area contributed by atoms with Crippen LogP contribution in [-0.2, 0) is 20.7 Å². The van der Waals surface area contributed by atoms with E-state index in [0.717, 1.165) is 17.5 Å². The number of hydrogen-bond donors (Lipinski definition) is 0. The number of aryl methyl sites for hydroxylation is 1. The Morgan fingerprint density at radius 2 is 1.37 bits per heavy atom. The van der Waals surface area contributed by atoms with Crippen molar-refractivity contribution in [1.29, 1.82) is 0 Å². The fourth-order valence-electron chi connectivity index (χ4n) is 3.62.